The molecule has 1 N–H and O–H groups in total. The minimum atomic E-state index is -0.204. The van der Waals surface area contributed by atoms with Crippen LogP contribution in [0.4, 0.5) is 4.39 Å². The number of aryl methyl sites for hydroxylation is 1. The molecule has 3 nitrogen and oxygen atoms in total. The van der Waals surface area contributed by atoms with Crippen LogP contribution in [0, 0.1) is 12.7 Å². The fourth-order valence-electron chi connectivity index (χ4n) is 2.07. The molecule has 19 heavy (non-hydrogen) atoms. The van der Waals surface area contributed by atoms with Gasteiger partial charge in [-0.15, -0.1) is 0 Å². The first-order valence-electron chi connectivity index (χ1n) is 6.46. The Morgan fingerprint density at radius 3 is 2.68 bits per heavy atom. The molecule has 1 unspecified atom stereocenters. The topological polar surface area (TPSA) is 37.8 Å². The number of likely N-dealkylation sites (N-methyl/N-ethyl adjacent to an activating group) is 1. The SMILES string of the molecule is CCNC(Cc1cc(F)ccc1C)c1ncccn1. The van der Waals surface area contributed by atoms with Gasteiger partial charge in [0, 0.05) is 12.4 Å². The zero-order valence-electron chi connectivity index (χ0n) is 11.2. The van der Waals surface area contributed by atoms with Crippen LogP contribution in [-0.2, 0) is 6.42 Å². The molecule has 2 aromatic rings. The number of nitrogens with one attached hydrogen (secondary N) is 1. The lowest BCUT2D eigenvalue weighted by atomic mass is 10.0. The molecule has 0 aliphatic rings. The van der Waals surface area contributed by atoms with Gasteiger partial charge in [-0.2, -0.15) is 0 Å². The summed E-state index contributed by atoms with van der Waals surface area (Å²) in [6.07, 6.45) is 4.14. The fraction of sp³-hybridized carbons (Fsp3) is 0.333. The van der Waals surface area contributed by atoms with Crippen molar-refractivity contribution >= 4 is 0 Å². The number of aromatic nitrogens is 2. The van der Waals surface area contributed by atoms with Crippen LogP contribution in [0.15, 0.2) is 36.7 Å². The Balaban J connectivity index is 2.24. The molecule has 1 heterocycles. The minimum absolute atomic E-state index is 0.00620. The summed E-state index contributed by atoms with van der Waals surface area (Å²) in [6.45, 7) is 4.84. The average molecular weight is 259 g/mol. The summed E-state index contributed by atoms with van der Waals surface area (Å²) in [4.78, 5) is 8.56. The van der Waals surface area contributed by atoms with Crippen molar-refractivity contribution in [2.75, 3.05) is 6.54 Å². The Morgan fingerprint density at radius 2 is 2.00 bits per heavy atom. The molecular weight excluding hydrogens is 241 g/mol. The third-order valence-electron chi connectivity index (χ3n) is 3.08. The monoisotopic (exact) mass is 259 g/mol. The molecule has 0 amide bonds. The van der Waals surface area contributed by atoms with Crippen molar-refractivity contribution in [2.45, 2.75) is 26.3 Å². The molecule has 1 aromatic heterocycles. The molecule has 0 aliphatic carbocycles. The molecule has 1 aromatic carbocycles. The Bertz CT molecular complexity index is 528. The molecule has 0 saturated carbocycles. The summed E-state index contributed by atoms with van der Waals surface area (Å²) >= 11 is 0. The normalized spacial score (nSPS) is 12.4. The van der Waals surface area contributed by atoms with E-state index in [0.717, 1.165) is 23.5 Å². The van der Waals surface area contributed by atoms with E-state index in [0.29, 0.717) is 6.42 Å². The van der Waals surface area contributed by atoms with Crippen LogP contribution in [0.3, 0.4) is 0 Å². The van der Waals surface area contributed by atoms with E-state index in [4.69, 9.17) is 0 Å². The zero-order valence-corrected chi connectivity index (χ0v) is 11.2. The third-order valence-corrected chi connectivity index (χ3v) is 3.08. The Labute approximate surface area is 112 Å². The van der Waals surface area contributed by atoms with Gasteiger partial charge in [-0.1, -0.05) is 13.0 Å². The van der Waals surface area contributed by atoms with Crippen LogP contribution in [0.1, 0.15) is 29.9 Å². The molecule has 0 fully saturated rings. The minimum Gasteiger partial charge on any atom is -0.307 e. The van der Waals surface area contributed by atoms with Crippen LogP contribution in [0.5, 0.6) is 0 Å². The van der Waals surface area contributed by atoms with Gasteiger partial charge < -0.3 is 5.32 Å². The Morgan fingerprint density at radius 1 is 1.26 bits per heavy atom. The molecular formula is C15H18FN3. The van der Waals surface area contributed by atoms with Gasteiger partial charge in [-0.3, -0.25) is 0 Å². The average Bonchev–Trinajstić information content (AvgIpc) is 2.43. The Hall–Kier alpha value is -1.81. The number of halogens is 1. The summed E-state index contributed by atoms with van der Waals surface area (Å²) in [5.41, 5.74) is 2.07. The van der Waals surface area contributed by atoms with E-state index < -0.39 is 0 Å². The maximum Gasteiger partial charge on any atom is 0.145 e. The van der Waals surface area contributed by atoms with Crippen molar-refractivity contribution < 1.29 is 4.39 Å². The van der Waals surface area contributed by atoms with Crippen molar-refractivity contribution in [1.29, 1.82) is 0 Å². The first kappa shape index (κ1) is 13.6. The van der Waals surface area contributed by atoms with Gasteiger partial charge in [0.15, 0.2) is 0 Å². The van der Waals surface area contributed by atoms with E-state index >= 15 is 0 Å². The molecule has 0 aliphatic heterocycles. The summed E-state index contributed by atoms with van der Waals surface area (Å²) < 4.78 is 13.3. The molecule has 100 valence electrons. The summed E-state index contributed by atoms with van der Waals surface area (Å²) in [7, 11) is 0. The van der Waals surface area contributed by atoms with Crippen LogP contribution >= 0.6 is 0 Å². The lowest BCUT2D eigenvalue weighted by Crippen LogP contribution is -2.25. The lowest BCUT2D eigenvalue weighted by molar-refractivity contribution is 0.518. The lowest BCUT2D eigenvalue weighted by Gasteiger charge is -2.17. The van der Waals surface area contributed by atoms with Gasteiger partial charge in [0.25, 0.3) is 0 Å². The van der Waals surface area contributed by atoms with E-state index in [1.54, 1.807) is 30.6 Å². The van der Waals surface area contributed by atoms with Gasteiger partial charge in [-0.25, -0.2) is 14.4 Å². The predicted molar refractivity (Wildman–Crippen MR) is 73.3 cm³/mol. The first-order valence-corrected chi connectivity index (χ1v) is 6.46. The molecule has 0 radical (unpaired) electrons. The second-order valence-electron chi connectivity index (χ2n) is 4.49. The van der Waals surface area contributed by atoms with Gasteiger partial charge in [0.2, 0.25) is 0 Å². The zero-order chi connectivity index (χ0) is 13.7. The molecule has 0 spiro atoms. The molecule has 2 rings (SSSR count). The van der Waals surface area contributed by atoms with E-state index in [-0.39, 0.29) is 11.9 Å². The van der Waals surface area contributed by atoms with Crippen LogP contribution in [0.25, 0.3) is 0 Å². The van der Waals surface area contributed by atoms with Crippen molar-refractivity contribution in [3.8, 4) is 0 Å². The predicted octanol–water partition coefficient (Wildman–Crippen LogP) is 2.82. The fourth-order valence-corrected chi connectivity index (χ4v) is 2.07. The van der Waals surface area contributed by atoms with Crippen molar-refractivity contribution in [2.24, 2.45) is 0 Å². The van der Waals surface area contributed by atoms with Crippen molar-refractivity contribution in [3.05, 3.63) is 59.4 Å². The van der Waals surface area contributed by atoms with Gasteiger partial charge >= 0.3 is 0 Å². The maximum absolute atomic E-state index is 13.3. The highest BCUT2D eigenvalue weighted by Gasteiger charge is 2.15. The maximum atomic E-state index is 13.3. The second kappa shape index (κ2) is 6.38. The number of nitrogens with zero attached hydrogens (tertiary/aromatic N) is 2. The quantitative estimate of drug-likeness (QED) is 0.897. The van der Waals surface area contributed by atoms with Crippen LogP contribution in [-0.4, -0.2) is 16.5 Å². The largest absolute Gasteiger partial charge is 0.307 e. The molecule has 0 saturated heterocycles. The summed E-state index contributed by atoms with van der Waals surface area (Å²) in [6, 6.07) is 6.68. The Kier molecular flexibility index (Phi) is 4.58. The number of benzene rings is 1. The highest BCUT2D eigenvalue weighted by molar-refractivity contribution is 5.28. The van der Waals surface area contributed by atoms with E-state index in [9.17, 15) is 4.39 Å². The summed E-state index contributed by atoms with van der Waals surface area (Å²) in [5, 5.41) is 3.35. The standard InChI is InChI=1S/C15H18FN3/c1-3-17-14(15-18-7-4-8-19-15)10-12-9-13(16)6-5-11(12)2/h4-9,14,17H,3,10H2,1-2H3. The smallest absolute Gasteiger partial charge is 0.145 e. The van der Waals surface area contributed by atoms with Gasteiger partial charge in [0.05, 0.1) is 6.04 Å². The number of hydrogen-bond donors (Lipinski definition) is 1. The highest BCUT2D eigenvalue weighted by Crippen LogP contribution is 2.18. The van der Waals surface area contributed by atoms with Crippen LogP contribution in [0.2, 0.25) is 0 Å². The first-order chi connectivity index (χ1) is 9.20. The summed E-state index contributed by atoms with van der Waals surface area (Å²) in [5.74, 6) is 0.540. The van der Waals surface area contributed by atoms with Crippen molar-refractivity contribution in [1.82, 2.24) is 15.3 Å². The van der Waals surface area contributed by atoms with Crippen LogP contribution < -0.4 is 5.32 Å². The number of hydrogen-bond acceptors (Lipinski definition) is 3. The third kappa shape index (κ3) is 3.58. The van der Waals surface area contributed by atoms with Gasteiger partial charge in [0.1, 0.15) is 11.6 Å². The van der Waals surface area contributed by atoms with E-state index in [2.05, 4.69) is 15.3 Å². The number of rotatable bonds is 5. The van der Waals surface area contributed by atoms with Gasteiger partial charge in [-0.05, 0) is 49.2 Å². The molecule has 4 heteroatoms. The second-order valence-corrected chi connectivity index (χ2v) is 4.49. The van der Waals surface area contributed by atoms with Crippen molar-refractivity contribution in [3.63, 3.8) is 0 Å². The highest BCUT2D eigenvalue weighted by atomic mass is 19.1. The van der Waals surface area contributed by atoms with E-state index in [1.807, 2.05) is 13.8 Å². The molecule has 1 atom stereocenters. The molecule has 0 bridgehead atoms. The van der Waals surface area contributed by atoms with E-state index in [1.165, 1.54) is 6.07 Å².